The fourth-order valence-electron chi connectivity index (χ4n) is 2.15. The molecule has 0 aliphatic rings. The molecule has 7 heteroatoms. The molecule has 0 aliphatic heterocycles. The van der Waals surface area contributed by atoms with E-state index in [0.29, 0.717) is 0 Å². The lowest BCUT2D eigenvalue weighted by molar-refractivity contribution is 0.0935. The Balaban J connectivity index is 2.20. The van der Waals surface area contributed by atoms with Crippen molar-refractivity contribution in [3.05, 3.63) is 45.0 Å². The van der Waals surface area contributed by atoms with E-state index in [4.69, 9.17) is 5.84 Å². The summed E-state index contributed by atoms with van der Waals surface area (Å²) in [6.45, 7) is 5.88. The second kappa shape index (κ2) is 6.19. The van der Waals surface area contributed by atoms with E-state index in [0.717, 1.165) is 10.4 Å². The fourth-order valence-corrected chi connectivity index (χ4v) is 3.17. The molecule has 112 valence electrons. The van der Waals surface area contributed by atoms with Gasteiger partial charge >= 0.3 is 0 Å². The second-order valence-electron chi connectivity index (χ2n) is 4.73. The predicted octanol–water partition coefficient (Wildman–Crippen LogP) is 2.68. The molecule has 0 spiro atoms. The Hall–Kier alpha value is -1.99. The Morgan fingerprint density at radius 3 is 2.76 bits per heavy atom. The van der Waals surface area contributed by atoms with Gasteiger partial charge in [-0.15, -0.1) is 11.3 Å². The number of rotatable bonds is 4. The Morgan fingerprint density at radius 1 is 1.48 bits per heavy atom. The number of hydrazine groups is 1. The van der Waals surface area contributed by atoms with Crippen LogP contribution in [0.3, 0.4) is 0 Å². The number of carbonyl (C=O) groups is 1. The first-order valence-electron chi connectivity index (χ1n) is 6.43. The summed E-state index contributed by atoms with van der Waals surface area (Å²) in [7, 11) is 0. The van der Waals surface area contributed by atoms with Crippen LogP contribution in [0, 0.1) is 19.7 Å². The van der Waals surface area contributed by atoms with Crippen molar-refractivity contribution in [1.82, 2.24) is 10.3 Å². The minimum atomic E-state index is -0.761. The number of hydrogen-bond acceptors (Lipinski definition) is 5. The van der Waals surface area contributed by atoms with E-state index >= 15 is 0 Å². The van der Waals surface area contributed by atoms with Gasteiger partial charge in [0.15, 0.2) is 11.6 Å². The number of nitrogens with two attached hydrogens (primary N) is 1. The molecule has 0 saturated heterocycles. The molecular weight excluding hydrogens is 291 g/mol. The highest BCUT2D eigenvalue weighted by atomic mass is 32.1. The third-order valence-corrected chi connectivity index (χ3v) is 4.15. The molecule has 0 saturated carbocycles. The average Bonchev–Trinajstić information content (AvgIpc) is 2.78. The number of aromatic nitrogens is 1. The van der Waals surface area contributed by atoms with Crippen LogP contribution in [0.1, 0.15) is 38.6 Å². The number of carbonyl (C=O) groups excluding carboxylic acids is 1. The zero-order valence-electron chi connectivity index (χ0n) is 12.0. The SMILES string of the molecule is Cc1cc(C(C)NC(=O)c2ccnc(NN)c2F)c(C)s1. The third-order valence-electron chi connectivity index (χ3n) is 3.16. The van der Waals surface area contributed by atoms with Gasteiger partial charge in [0.25, 0.3) is 5.91 Å². The maximum atomic E-state index is 14.0. The molecular formula is C14H17FN4OS. The van der Waals surface area contributed by atoms with E-state index in [1.807, 2.05) is 26.8 Å². The number of aryl methyl sites for hydroxylation is 2. The first-order valence-corrected chi connectivity index (χ1v) is 7.24. The molecule has 4 N–H and O–H groups in total. The first kappa shape index (κ1) is 15.4. The highest BCUT2D eigenvalue weighted by Crippen LogP contribution is 2.26. The highest BCUT2D eigenvalue weighted by molar-refractivity contribution is 7.12. The summed E-state index contributed by atoms with van der Waals surface area (Å²) in [5, 5.41) is 2.79. The summed E-state index contributed by atoms with van der Waals surface area (Å²) >= 11 is 1.67. The molecule has 1 unspecified atom stereocenters. The van der Waals surface area contributed by atoms with Crippen molar-refractivity contribution in [3.8, 4) is 0 Å². The Morgan fingerprint density at radius 2 is 2.19 bits per heavy atom. The number of anilines is 1. The maximum Gasteiger partial charge on any atom is 0.254 e. The number of hydrogen-bond donors (Lipinski definition) is 3. The van der Waals surface area contributed by atoms with Gasteiger partial charge in [-0.3, -0.25) is 4.79 Å². The van der Waals surface area contributed by atoms with Gasteiger partial charge in [-0.1, -0.05) is 0 Å². The van der Waals surface area contributed by atoms with Crippen LogP contribution >= 0.6 is 11.3 Å². The fraction of sp³-hybridized carbons (Fsp3) is 0.286. The molecule has 2 aromatic rings. The summed E-state index contributed by atoms with van der Waals surface area (Å²) in [6.07, 6.45) is 1.33. The van der Waals surface area contributed by atoms with E-state index in [9.17, 15) is 9.18 Å². The van der Waals surface area contributed by atoms with E-state index in [-0.39, 0.29) is 17.4 Å². The molecule has 2 aromatic heterocycles. The summed E-state index contributed by atoms with van der Waals surface area (Å²) in [6, 6.07) is 3.15. The lowest BCUT2D eigenvalue weighted by atomic mass is 10.1. The van der Waals surface area contributed by atoms with Crippen molar-refractivity contribution in [2.75, 3.05) is 5.43 Å². The van der Waals surface area contributed by atoms with E-state index in [1.54, 1.807) is 11.3 Å². The lowest BCUT2D eigenvalue weighted by Crippen LogP contribution is -2.28. The topological polar surface area (TPSA) is 80.0 Å². The monoisotopic (exact) mass is 308 g/mol. The quantitative estimate of drug-likeness (QED) is 0.599. The number of halogens is 1. The number of nitrogen functional groups attached to an aromatic ring is 1. The van der Waals surface area contributed by atoms with Gasteiger partial charge in [0.1, 0.15) is 0 Å². The minimum absolute atomic E-state index is 0.0885. The molecule has 21 heavy (non-hydrogen) atoms. The smallest absolute Gasteiger partial charge is 0.254 e. The van der Waals surface area contributed by atoms with Crippen molar-refractivity contribution in [2.24, 2.45) is 5.84 Å². The molecule has 5 nitrogen and oxygen atoms in total. The predicted molar refractivity (Wildman–Crippen MR) is 81.7 cm³/mol. The van der Waals surface area contributed by atoms with Crippen LogP contribution in [0.15, 0.2) is 18.3 Å². The Labute approximate surface area is 126 Å². The van der Waals surface area contributed by atoms with Crippen LogP contribution in [0.25, 0.3) is 0 Å². The number of pyridine rings is 1. The molecule has 0 radical (unpaired) electrons. The standard InChI is InChI=1S/C14H17FN4OS/c1-7-6-11(9(3)21-7)8(2)18-14(20)10-4-5-17-13(19-16)12(10)15/h4-6,8H,16H2,1-3H3,(H,17,19)(H,18,20). The number of nitrogens with one attached hydrogen (secondary N) is 2. The van der Waals surface area contributed by atoms with Gasteiger partial charge in [0, 0.05) is 16.0 Å². The third kappa shape index (κ3) is 3.20. The Kier molecular flexibility index (Phi) is 4.54. The van der Waals surface area contributed by atoms with Crippen LogP contribution in [-0.2, 0) is 0 Å². The van der Waals surface area contributed by atoms with Gasteiger partial charge in [0.05, 0.1) is 11.6 Å². The van der Waals surface area contributed by atoms with Crippen LogP contribution in [0.2, 0.25) is 0 Å². The summed E-state index contributed by atoms with van der Waals surface area (Å²) in [5.74, 6) is 3.74. The van der Waals surface area contributed by atoms with Crippen molar-refractivity contribution in [3.63, 3.8) is 0 Å². The zero-order chi connectivity index (χ0) is 15.6. The summed E-state index contributed by atoms with van der Waals surface area (Å²) < 4.78 is 14.0. The summed E-state index contributed by atoms with van der Waals surface area (Å²) in [5.41, 5.74) is 3.07. The van der Waals surface area contributed by atoms with E-state index in [1.165, 1.54) is 17.1 Å². The number of amides is 1. The van der Waals surface area contributed by atoms with Gasteiger partial charge in [-0.05, 0) is 38.5 Å². The largest absolute Gasteiger partial charge is 0.345 e. The van der Waals surface area contributed by atoms with E-state index < -0.39 is 11.7 Å². The van der Waals surface area contributed by atoms with Crippen LogP contribution in [-0.4, -0.2) is 10.9 Å². The average molecular weight is 308 g/mol. The van der Waals surface area contributed by atoms with Crippen molar-refractivity contribution in [2.45, 2.75) is 26.8 Å². The van der Waals surface area contributed by atoms with Crippen LogP contribution in [0.4, 0.5) is 10.2 Å². The van der Waals surface area contributed by atoms with Crippen molar-refractivity contribution >= 4 is 23.1 Å². The number of nitrogens with zero attached hydrogens (tertiary/aromatic N) is 1. The van der Waals surface area contributed by atoms with Gasteiger partial charge < -0.3 is 10.7 Å². The van der Waals surface area contributed by atoms with E-state index in [2.05, 4.69) is 15.7 Å². The van der Waals surface area contributed by atoms with Crippen LogP contribution < -0.4 is 16.6 Å². The molecule has 0 aliphatic carbocycles. The molecule has 2 rings (SSSR count). The van der Waals surface area contributed by atoms with Crippen LogP contribution in [0.5, 0.6) is 0 Å². The maximum absolute atomic E-state index is 14.0. The molecule has 0 aromatic carbocycles. The second-order valence-corrected chi connectivity index (χ2v) is 6.19. The molecule has 1 atom stereocenters. The van der Waals surface area contributed by atoms with Gasteiger partial charge in [-0.2, -0.15) is 0 Å². The van der Waals surface area contributed by atoms with Crippen molar-refractivity contribution in [1.29, 1.82) is 0 Å². The minimum Gasteiger partial charge on any atom is -0.345 e. The van der Waals surface area contributed by atoms with Gasteiger partial charge in [-0.25, -0.2) is 15.2 Å². The first-order chi connectivity index (χ1) is 9.93. The number of thiophene rings is 1. The summed E-state index contributed by atoms with van der Waals surface area (Å²) in [4.78, 5) is 18.2. The highest BCUT2D eigenvalue weighted by Gasteiger charge is 2.19. The van der Waals surface area contributed by atoms with Gasteiger partial charge in [0.2, 0.25) is 0 Å². The molecule has 2 heterocycles. The van der Waals surface area contributed by atoms with Crippen molar-refractivity contribution < 1.29 is 9.18 Å². The molecule has 0 bridgehead atoms. The molecule has 0 fully saturated rings. The zero-order valence-corrected chi connectivity index (χ0v) is 12.8. The lowest BCUT2D eigenvalue weighted by Gasteiger charge is -2.14. The Bertz CT molecular complexity index is 671. The normalized spacial score (nSPS) is 12.0. The molecule has 1 amide bonds.